The molecule has 0 saturated heterocycles. The molecular weight excluding hydrogens is 614 g/mol. The molecule has 1 N–H and O–H groups in total. The van der Waals surface area contributed by atoms with E-state index < -0.39 is 41.0 Å². The number of pyridine rings is 1. The van der Waals surface area contributed by atoms with Gasteiger partial charge in [0.15, 0.2) is 5.60 Å². The van der Waals surface area contributed by atoms with E-state index in [0.717, 1.165) is 46.5 Å². The maximum Gasteiger partial charge on any atom is 0.323 e. The SMILES string of the molecule is OC(Cn1cnnn1)(c1ccc(F)cc1F)C(F)(F)c1ccc(C#Cc2ccc(OCc3cccc(Cn4cccn4)c3)cc2)cn1. The van der Waals surface area contributed by atoms with Crippen LogP contribution in [0.3, 0.4) is 0 Å². The highest BCUT2D eigenvalue weighted by molar-refractivity contribution is 5.44. The van der Waals surface area contributed by atoms with Gasteiger partial charge in [0.2, 0.25) is 0 Å². The fourth-order valence-electron chi connectivity index (χ4n) is 4.88. The lowest BCUT2D eigenvalue weighted by Gasteiger charge is -2.35. The Morgan fingerprint density at radius 2 is 1.64 bits per heavy atom. The molecule has 236 valence electrons. The van der Waals surface area contributed by atoms with Gasteiger partial charge in [-0.25, -0.2) is 13.5 Å². The zero-order valence-electron chi connectivity index (χ0n) is 24.5. The number of aliphatic hydroxyl groups is 1. The van der Waals surface area contributed by atoms with Crippen LogP contribution in [0.5, 0.6) is 5.75 Å². The molecule has 3 heterocycles. The van der Waals surface area contributed by atoms with Crippen LogP contribution in [0.1, 0.15) is 33.5 Å². The van der Waals surface area contributed by atoms with Gasteiger partial charge in [-0.15, -0.1) is 5.10 Å². The van der Waals surface area contributed by atoms with Gasteiger partial charge in [0.25, 0.3) is 0 Å². The van der Waals surface area contributed by atoms with Crippen LogP contribution in [0, 0.1) is 23.5 Å². The van der Waals surface area contributed by atoms with Crippen LogP contribution >= 0.6 is 0 Å². The molecule has 3 aromatic carbocycles. The Hall–Kier alpha value is -5.87. The molecule has 0 aliphatic carbocycles. The van der Waals surface area contributed by atoms with Crippen LogP contribution in [-0.4, -0.2) is 40.1 Å². The zero-order chi connectivity index (χ0) is 32.9. The number of hydrogen-bond acceptors (Lipinski definition) is 7. The standard InChI is InChI=1S/C34H25F4N7O2/c35-28-10-13-30(31(36)18-28)33(46,22-45-23-40-42-43-45)34(37,38)32-14-9-25(19-39-32)6-5-24-7-11-29(12-8-24)47-21-27-4-1-3-26(17-27)20-44-16-2-15-41-44/h1-4,7-19,23,46H,20-22H2. The van der Waals surface area contributed by atoms with Crippen molar-refractivity contribution < 1.29 is 27.4 Å². The van der Waals surface area contributed by atoms with Gasteiger partial charge in [-0.05, 0) is 76.2 Å². The Kier molecular flexibility index (Phi) is 8.77. The largest absolute Gasteiger partial charge is 0.489 e. The molecule has 0 saturated carbocycles. The van der Waals surface area contributed by atoms with Gasteiger partial charge in [0.1, 0.15) is 36.0 Å². The molecule has 0 bridgehead atoms. The van der Waals surface area contributed by atoms with Gasteiger partial charge in [0.05, 0.1) is 13.1 Å². The molecule has 9 nitrogen and oxygen atoms in total. The van der Waals surface area contributed by atoms with E-state index in [9.17, 15) is 13.9 Å². The number of ether oxygens (including phenoxy) is 1. The number of nitrogens with zero attached hydrogens (tertiary/aromatic N) is 7. The predicted molar refractivity (Wildman–Crippen MR) is 161 cm³/mol. The van der Waals surface area contributed by atoms with Crippen molar-refractivity contribution in [3.8, 4) is 17.6 Å². The average Bonchev–Trinajstić information content (AvgIpc) is 3.78. The molecule has 3 aromatic heterocycles. The van der Waals surface area contributed by atoms with Crippen molar-refractivity contribution >= 4 is 0 Å². The first kappa shape index (κ1) is 31.1. The summed E-state index contributed by atoms with van der Waals surface area (Å²) in [5, 5.41) is 25.8. The molecule has 0 spiro atoms. The minimum Gasteiger partial charge on any atom is -0.489 e. The predicted octanol–water partition coefficient (Wildman–Crippen LogP) is 5.25. The summed E-state index contributed by atoms with van der Waals surface area (Å²) in [6.07, 6.45) is 5.74. The third kappa shape index (κ3) is 7.03. The Bertz CT molecular complexity index is 2010. The topological polar surface area (TPSA) is 104 Å². The molecule has 1 atom stereocenters. The lowest BCUT2D eigenvalue weighted by atomic mass is 9.84. The number of rotatable bonds is 10. The number of tetrazole rings is 1. The average molecular weight is 640 g/mol. The Balaban J connectivity index is 1.13. The summed E-state index contributed by atoms with van der Waals surface area (Å²) < 4.78 is 68.8. The fraction of sp³-hybridized carbons (Fsp3) is 0.147. The second-order valence-electron chi connectivity index (χ2n) is 10.6. The van der Waals surface area contributed by atoms with Gasteiger partial charge in [-0.1, -0.05) is 36.1 Å². The molecule has 6 aromatic rings. The molecule has 47 heavy (non-hydrogen) atoms. The maximum atomic E-state index is 15.9. The third-order valence-electron chi connectivity index (χ3n) is 7.27. The van der Waals surface area contributed by atoms with Crippen molar-refractivity contribution in [2.24, 2.45) is 0 Å². The van der Waals surface area contributed by atoms with Gasteiger partial charge in [0, 0.05) is 41.3 Å². The summed E-state index contributed by atoms with van der Waals surface area (Å²) in [6.45, 7) is 0.0885. The minimum absolute atomic E-state index is 0.317. The Morgan fingerprint density at radius 1 is 0.851 bits per heavy atom. The first-order chi connectivity index (χ1) is 22.7. The summed E-state index contributed by atoms with van der Waals surface area (Å²) in [7, 11) is 0. The molecule has 0 aliphatic heterocycles. The number of hydrogen-bond donors (Lipinski definition) is 1. The minimum atomic E-state index is -4.17. The van der Waals surface area contributed by atoms with Crippen LogP contribution in [0.4, 0.5) is 17.6 Å². The van der Waals surface area contributed by atoms with Crippen molar-refractivity contribution in [3.63, 3.8) is 0 Å². The van der Waals surface area contributed by atoms with E-state index in [-0.39, 0.29) is 0 Å². The van der Waals surface area contributed by atoms with E-state index in [1.807, 2.05) is 35.1 Å². The highest BCUT2D eigenvalue weighted by atomic mass is 19.3. The lowest BCUT2D eigenvalue weighted by Crippen LogP contribution is -2.48. The Labute approximate surface area is 266 Å². The van der Waals surface area contributed by atoms with Gasteiger partial charge < -0.3 is 9.84 Å². The molecular formula is C34H25F4N7O2. The molecule has 0 aliphatic rings. The van der Waals surface area contributed by atoms with E-state index in [1.54, 1.807) is 30.5 Å². The van der Waals surface area contributed by atoms with Crippen LogP contribution < -0.4 is 4.74 Å². The van der Waals surface area contributed by atoms with Crippen molar-refractivity contribution in [3.05, 3.63) is 155 Å². The second-order valence-corrected chi connectivity index (χ2v) is 10.6. The number of halogens is 4. The van der Waals surface area contributed by atoms with Gasteiger partial charge in [-0.3, -0.25) is 9.67 Å². The van der Waals surface area contributed by atoms with Crippen molar-refractivity contribution in [2.45, 2.75) is 31.2 Å². The fourth-order valence-corrected chi connectivity index (χ4v) is 4.88. The van der Waals surface area contributed by atoms with Crippen molar-refractivity contribution in [2.75, 3.05) is 0 Å². The van der Waals surface area contributed by atoms with Gasteiger partial charge in [-0.2, -0.15) is 13.9 Å². The summed E-state index contributed by atoms with van der Waals surface area (Å²) in [5.74, 6) is -0.0713. The second kappa shape index (κ2) is 13.2. The zero-order valence-corrected chi connectivity index (χ0v) is 24.5. The van der Waals surface area contributed by atoms with Crippen molar-refractivity contribution in [1.29, 1.82) is 0 Å². The molecule has 1 unspecified atom stereocenters. The van der Waals surface area contributed by atoms with Crippen LogP contribution in [0.25, 0.3) is 0 Å². The maximum absolute atomic E-state index is 15.9. The highest BCUT2D eigenvalue weighted by Crippen LogP contribution is 2.46. The molecule has 13 heteroatoms. The van der Waals surface area contributed by atoms with E-state index in [4.69, 9.17) is 4.74 Å². The quantitative estimate of drug-likeness (QED) is 0.161. The first-order valence-electron chi connectivity index (χ1n) is 14.2. The smallest absolute Gasteiger partial charge is 0.323 e. The van der Waals surface area contributed by atoms with E-state index in [0.29, 0.717) is 36.1 Å². The normalized spacial score (nSPS) is 12.6. The monoisotopic (exact) mass is 639 g/mol. The van der Waals surface area contributed by atoms with Crippen LogP contribution in [0.2, 0.25) is 0 Å². The van der Waals surface area contributed by atoms with Crippen LogP contribution in [0.15, 0.2) is 110 Å². The number of aromatic nitrogens is 7. The molecule has 0 radical (unpaired) electrons. The summed E-state index contributed by atoms with van der Waals surface area (Å²) in [5.41, 5.74) is -1.86. The molecule has 0 amide bonds. The summed E-state index contributed by atoms with van der Waals surface area (Å²) >= 11 is 0. The highest BCUT2D eigenvalue weighted by Gasteiger charge is 2.58. The number of alkyl halides is 2. The molecule has 0 fully saturated rings. The van der Waals surface area contributed by atoms with Crippen LogP contribution in [-0.2, 0) is 31.2 Å². The Morgan fingerprint density at radius 3 is 2.34 bits per heavy atom. The lowest BCUT2D eigenvalue weighted by molar-refractivity contribution is -0.207. The summed E-state index contributed by atoms with van der Waals surface area (Å²) in [4.78, 5) is 3.83. The first-order valence-corrected chi connectivity index (χ1v) is 14.2. The van der Waals surface area contributed by atoms with E-state index in [1.165, 1.54) is 6.07 Å². The summed E-state index contributed by atoms with van der Waals surface area (Å²) in [6, 6.07) is 21.2. The number of benzene rings is 3. The van der Waals surface area contributed by atoms with E-state index >= 15 is 8.78 Å². The molecule has 6 rings (SSSR count). The van der Waals surface area contributed by atoms with Crippen molar-refractivity contribution in [1.82, 2.24) is 35.0 Å². The van der Waals surface area contributed by atoms with Gasteiger partial charge >= 0.3 is 5.92 Å². The van der Waals surface area contributed by atoms with E-state index in [2.05, 4.69) is 43.5 Å². The third-order valence-corrected chi connectivity index (χ3v) is 7.27.